The number of rotatable bonds is 7. The SMILES string of the molecule is CCCCc1ccc(NC(=O)CN2C(=O)CC(c3cccs3)=Nc3ccccc32)cc1. The van der Waals surface area contributed by atoms with Crippen LogP contribution in [-0.2, 0) is 16.0 Å². The summed E-state index contributed by atoms with van der Waals surface area (Å²) in [5.74, 6) is -0.369. The quantitative estimate of drug-likeness (QED) is 0.530. The van der Waals surface area contributed by atoms with Crippen molar-refractivity contribution in [1.82, 2.24) is 0 Å². The highest BCUT2D eigenvalue weighted by molar-refractivity contribution is 7.12. The molecule has 0 saturated carbocycles. The number of hydrogen-bond donors (Lipinski definition) is 1. The summed E-state index contributed by atoms with van der Waals surface area (Å²) in [6.45, 7) is 2.12. The zero-order valence-electron chi connectivity index (χ0n) is 17.5. The van der Waals surface area contributed by atoms with E-state index in [1.54, 1.807) is 11.3 Å². The van der Waals surface area contributed by atoms with Crippen LogP contribution in [0.1, 0.15) is 36.6 Å². The first kappa shape index (κ1) is 21.0. The Hall–Kier alpha value is -3.25. The summed E-state index contributed by atoms with van der Waals surface area (Å²) in [6, 6.07) is 19.3. The molecule has 0 unspecified atom stereocenters. The standard InChI is InChI=1S/C25H25N3O2S/c1-2-3-7-18-11-13-19(14-12-18)26-24(29)17-28-22-9-5-4-8-20(22)27-21(16-25(28)30)23-10-6-15-31-23/h4-6,8-15H,2-3,7,16-17H2,1H3,(H,26,29). The molecule has 1 N–H and O–H groups in total. The lowest BCUT2D eigenvalue weighted by Gasteiger charge is -2.22. The minimum atomic E-state index is -0.232. The summed E-state index contributed by atoms with van der Waals surface area (Å²) in [5, 5.41) is 4.88. The molecule has 2 heterocycles. The van der Waals surface area contributed by atoms with Gasteiger partial charge in [0.1, 0.15) is 6.54 Å². The van der Waals surface area contributed by atoms with Gasteiger partial charge in [0.25, 0.3) is 0 Å². The molecule has 6 heteroatoms. The second-order valence-corrected chi connectivity index (χ2v) is 8.48. The van der Waals surface area contributed by atoms with Gasteiger partial charge in [0.15, 0.2) is 0 Å². The number of aryl methyl sites for hydroxylation is 1. The topological polar surface area (TPSA) is 61.8 Å². The van der Waals surface area contributed by atoms with Crippen molar-refractivity contribution in [2.75, 3.05) is 16.8 Å². The van der Waals surface area contributed by atoms with Gasteiger partial charge < -0.3 is 10.2 Å². The van der Waals surface area contributed by atoms with Gasteiger partial charge in [-0.15, -0.1) is 11.3 Å². The molecule has 158 valence electrons. The number of nitrogens with one attached hydrogen (secondary N) is 1. The third kappa shape index (κ3) is 5.09. The smallest absolute Gasteiger partial charge is 0.244 e. The van der Waals surface area contributed by atoms with Gasteiger partial charge in [-0.1, -0.05) is 43.7 Å². The van der Waals surface area contributed by atoms with Crippen LogP contribution in [0.4, 0.5) is 17.1 Å². The summed E-state index contributed by atoms with van der Waals surface area (Å²) < 4.78 is 0. The van der Waals surface area contributed by atoms with E-state index >= 15 is 0 Å². The summed E-state index contributed by atoms with van der Waals surface area (Å²) in [5.41, 5.74) is 4.08. The highest BCUT2D eigenvalue weighted by Gasteiger charge is 2.26. The number of aliphatic imine (C=N–C) groups is 1. The number of carbonyl (C=O) groups is 2. The highest BCUT2D eigenvalue weighted by Crippen LogP contribution is 2.33. The first-order valence-corrected chi connectivity index (χ1v) is 11.4. The normalized spacial score (nSPS) is 13.4. The second-order valence-electron chi connectivity index (χ2n) is 7.53. The lowest BCUT2D eigenvalue weighted by molar-refractivity contribution is -0.120. The van der Waals surface area contributed by atoms with Gasteiger partial charge in [-0.3, -0.25) is 9.59 Å². The number of hydrogen-bond acceptors (Lipinski definition) is 4. The van der Waals surface area contributed by atoms with E-state index in [4.69, 9.17) is 4.99 Å². The molecule has 1 aliphatic heterocycles. The average molecular weight is 432 g/mol. The predicted octanol–water partition coefficient (Wildman–Crippen LogP) is 5.59. The number of nitrogens with zero attached hydrogens (tertiary/aromatic N) is 2. The van der Waals surface area contributed by atoms with Gasteiger partial charge in [-0.25, -0.2) is 4.99 Å². The van der Waals surface area contributed by atoms with Gasteiger partial charge in [0.05, 0.1) is 23.5 Å². The van der Waals surface area contributed by atoms with Crippen LogP contribution >= 0.6 is 11.3 Å². The molecule has 4 rings (SSSR count). The van der Waals surface area contributed by atoms with Crippen LogP contribution < -0.4 is 10.2 Å². The number of anilines is 2. The molecule has 0 aliphatic carbocycles. The van der Waals surface area contributed by atoms with E-state index in [0.29, 0.717) is 11.4 Å². The monoisotopic (exact) mass is 431 g/mol. The molecule has 1 aliphatic rings. The van der Waals surface area contributed by atoms with Crippen molar-refractivity contribution in [3.63, 3.8) is 0 Å². The number of unbranched alkanes of at least 4 members (excludes halogenated alkanes) is 1. The summed E-state index contributed by atoms with van der Waals surface area (Å²) in [7, 11) is 0. The fraction of sp³-hybridized carbons (Fsp3) is 0.240. The summed E-state index contributed by atoms with van der Waals surface area (Å²) in [4.78, 5) is 33.1. The Balaban J connectivity index is 1.49. The third-order valence-electron chi connectivity index (χ3n) is 5.21. The van der Waals surface area contributed by atoms with Crippen LogP contribution in [0, 0.1) is 0 Å². The molecule has 31 heavy (non-hydrogen) atoms. The van der Waals surface area contributed by atoms with Crippen molar-refractivity contribution in [2.45, 2.75) is 32.6 Å². The molecule has 5 nitrogen and oxygen atoms in total. The molecule has 0 spiro atoms. The molecule has 0 bridgehead atoms. The van der Waals surface area contributed by atoms with Crippen molar-refractivity contribution in [1.29, 1.82) is 0 Å². The van der Waals surface area contributed by atoms with Crippen molar-refractivity contribution in [2.24, 2.45) is 4.99 Å². The van der Waals surface area contributed by atoms with E-state index in [0.717, 1.165) is 35.5 Å². The Morgan fingerprint density at radius 3 is 2.65 bits per heavy atom. The minimum absolute atomic E-state index is 0.0549. The lowest BCUT2D eigenvalue weighted by Crippen LogP contribution is -2.38. The maximum atomic E-state index is 13.1. The van der Waals surface area contributed by atoms with E-state index in [1.807, 2.05) is 66.0 Å². The van der Waals surface area contributed by atoms with Crippen LogP contribution in [0.5, 0.6) is 0 Å². The Bertz CT molecular complexity index is 1090. The van der Waals surface area contributed by atoms with Crippen molar-refractivity contribution >= 4 is 45.9 Å². The number of para-hydroxylation sites is 2. The van der Waals surface area contributed by atoms with Gasteiger partial charge in [0, 0.05) is 10.6 Å². The highest BCUT2D eigenvalue weighted by atomic mass is 32.1. The molecular formula is C25H25N3O2S. The Morgan fingerprint density at radius 1 is 1.10 bits per heavy atom. The maximum absolute atomic E-state index is 13.1. The predicted molar refractivity (Wildman–Crippen MR) is 128 cm³/mol. The van der Waals surface area contributed by atoms with E-state index in [-0.39, 0.29) is 24.8 Å². The van der Waals surface area contributed by atoms with Crippen LogP contribution in [0.15, 0.2) is 71.0 Å². The van der Waals surface area contributed by atoms with Gasteiger partial charge in [0.2, 0.25) is 11.8 Å². The van der Waals surface area contributed by atoms with E-state index in [2.05, 4.69) is 12.2 Å². The molecule has 1 aromatic heterocycles. The minimum Gasteiger partial charge on any atom is -0.325 e. The van der Waals surface area contributed by atoms with E-state index in [1.165, 1.54) is 10.5 Å². The first-order valence-electron chi connectivity index (χ1n) is 10.5. The molecule has 0 saturated heterocycles. The van der Waals surface area contributed by atoms with E-state index in [9.17, 15) is 9.59 Å². The van der Waals surface area contributed by atoms with Crippen LogP contribution in [-0.4, -0.2) is 24.1 Å². The van der Waals surface area contributed by atoms with Crippen molar-refractivity contribution < 1.29 is 9.59 Å². The summed E-state index contributed by atoms with van der Waals surface area (Å²) >= 11 is 1.56. The number of carbonyl (C=O) groups excluding carboxylic acids is 2. The average Bonchev–Trinajstić information content (AvgIpc) is 3.28. The molecule has 2 aromatic carbocycles. The molecular weight excluding hydrogens is 406 g/mol. The van der Waals surface area contributed by atoms with E-state index < -0.39 is 0 Å². The number of thiophene rings is 1. The molecule has 0 atom stereocenters. The molecule has 3 aromatic rings. The van der Waals surface area contributed by atoms with Gasteiger partial charge in [-0.05, 0) is 54.1 Å². The fourth-order valence-electron chi connectivity index (χ4n) is 3.58. The zero-order chi connectivity index (χ0) is 21.6. The number of fused-ring (bicyclic) bond motifs is 1. The molecule has 0 fully saturated rings. The zero-order valence-corrected chi connectivity index (χ0v) is 18.3. The van der Waals surface area contributed by atoms with Crippen LogP contribution in [0.2, 0.25) is 0 Å². The van der Waals surface area contributed by atoms with Crippen molar-refractivity contribution in [3.8, 4) is 0 Å². The summed E-state index contributed by atoms with van der Waals surface area (Å²) in [6.07, 6.45) is 3.50. The van der Waals surface area contributed by atoms with Gasteiger partial charge >= 0.3 is 0 Å². The Morgan fingerprint density at radius 2 is 1.90 bits per heavy atom. The first-order chi connectivity index (χ1) is 15.1. The fourth-order valence-corrected chi connectivity index (χ4v) is 4.30. The van der Waals surface area contributed by atoms with Crippen LogP contribution in [0.3, 0.4) is 0 Å². The van der Waals surface area contributed by atoms with Crippen molar-refractivity contribution in [3.05, 3.63) is 76.5 Å². The molecule has 0 radical (unpaired) electrons. The van der Waals surface area contributed by atoms with Crippen LogP contribution in [0.25, 0.3) is 0 Å². The Kier molecular flexibility index (Phi) is 6.57. The number of amides is 2. The lowest BCUT2D eigenvalue weighted by atomic mass is 10.1. The molecule has 2 amide bonds. The Labute approximate surface area is 186 Å². The largest absolute Gasteiger partial charge is 0.325 e. The number of benzene rings is 2. The maximum Gasteiger partial charge on any atom is 0.244 e. The second kappa shape index (κ2) is 9.71. The third-order valence-corrected chi connectivity index (χ3v) is 6.13. The van der Waals surface area contributed by atoms with Gasteiger partial charge in [-0.2, -0.15) is 0 Å².